The highest BCUT2D eigenvalue weighted by Gasteiger charge is 2.14. The van der Waals surface area contributed by atoms with E-state index in [1.165, 1.54) is 0 Å². The monoisotopic (exact) mass is 275 g/mol. The standard InChI is InChI=1S/C11H10ClNO3.ClH/c1-2-15-11(14)9-4-6-3-7(12)5-8(13)10(6)16-9;/h3-5H,2,13H2,1H3;1H. The van der Waals surface area contributed by atoms with Crippen molar-refractivity contribution in [2.24, 2.45) is 0 Å². The number of hydrogen-bond donors (Lipinski definition) is 1. The van der Waals surface area contributed by atoms with Gasteiger partial charge in [0.1, 0.15) is 0 Å². The molecule has 0 aliphatic rings. The summed E-state index contributed by atoms with van der Waals surface area (Å²) in [6, 6.07) is 4.82. The van der Waals surface area contributed by atoms with Gasteiger partial charge in [0.15, 0.2) is 5.58 Å². The van der Waals surface area contributed by atoms with Gasteiger partial charge < -0.3 is 14.9 Å². The van der Waals surface area contributed by atoms with Gasteiger partial charge in [0.25, 0.3) is 0 Å². The molecule has 4 nitrogen and oxygen atoms in total. The maximum Gasteiger partial charge on any atom is 0.374 e. The summed E-state index contributed by atoms with van der Waals surface area (Å²) in [6.07, 6.45) is 0. The molecule has 17 heavy (non-hydrogen) atoms. The van der Waals surface area contributed by atoms with E-state index in [2.05, 4.69) is 0 Å². The number of ether oxygens (including phenoxy) is 1. The second kappa shape index (κ2) is 5.29. The van der Waals surface area contributed by atoms with Crippen LogP contribution in [0.15, 0.2) is 22.6 Å². The SMILES string of the molecule is CCOC(=O)c1cc2cc(Cl)cc(N)c2o1.Cl. The van der Waals surface area contributed by atoms with E-state index in [0.717, 1.165) is 0 Å². The molecule has 0 radical (unpaired) electrons. The lowest BCUT2D eigenvalue weighted by Crippen LogP contribution is -2.02. The average Bonchev–Trinajstić information content (AvgIpc) is 2.62. The fraction of sp³-hybridized carbons (Fsp3) is 0.182. The first-order valence-corrected chi connectivity index (χ1v) is 5.15. The summed E-state index contributed by atoms with van der Waals surface area (Å²) in [5, 5.41) is 1.19. The summed E-state index contributed by atoms with van der Waals surface area (Å²) in [6.45, 7) is 2.03. The highest BCUT2D eigenvalue weighted by atomic mass is 35.5. The number of benzene rings is 1. The lowest BCUT2D eigenvalue weighted by atomic mass is 10.2. The van der Waals surface area contributed by atoms with Gasteiger partial charge in [0, 0.05) is 10.4 Å². The number of carbonyl (C=O) groups is 1. The molecule has 2 N–H and O–H groups in total. The van der Waals surface area contributed by atoms with Crippen molar-refractivity contribution in [3.05, 3.63) is 29.0 Å². The van der Waals surface area contributed by atoms with Crippen molar-refractivity contribution in [1.29, 1.82) is 0 Å². The van der Waals surface area contributed by atoms with E-state index >= 15 is 0 Å². The predicted octanol–water partition coefficient (Wildman–Crippen LogP) is 3.27. The Morgan fingerprint density at radius 1 is 1.47 bits per heavy atom. The zero-order valence-electron chi connectivity index (χ0n) is 9.03. The predicted molar refractivity (Wildman–Crippen MR) is 68.8 cm³/mol. The van der Waals surface area contributed by atoms with E-state index in [4.69, 9.17) is 26.5 Å². The minimum absolute atomic E-state index is 0. The Bertz CT molecular complexity index is 551. The van der Waals surface area contributed by atoms with Crippen molar-refractivity contribution in [2.45, 2.75) is 6.92 Å². The molecule has 0 saturated heterocycles. The maximum atomic E-state index is 11.4. The first-order chi connectivity index (χ1) is 7.61. The van der Waals surface area contributed by atoms with Crippen molar-refractivity contribution in [2.75, 3.05) is 12.3 Å². The highest BCUT2D eigenvalue weighted by molar-refractivity contribution is 6.31. The summed E-state index contributed by atoms with van der Waals surface area (Å²) < 4.78 is 10.1. The summed E-state index contributed by atoms with van der Waals surface area (Å²) in [4.78, 5) is 11.4. The van der Waals surface area contributed by atoms with Gasteiger partial charge in [-0.05, 0) is 25.1 Å². The van der Waals surface area contributed by atoms with Crippen molar-refractivity contribution >= 4 is 46.6 Å². The Morgan fingerprint density at radius 2 is 2.18 bits per heavy atom. The Kier molecular flexibility index (Phi) is 4.26. The third kappa shape index (κ3) is 2.65. The molecule has 0 bridgehead atoms. The van der Waals surface area contributed by atoms with E-state index in [1.54, 1.807) is 25.1 Å². The van der Waals surface area contributed by atoms with Gasteiger partial charge in [0.2, 0.25) is 5.76 Å². The van der Waals surface area contributed by atoms with Gasteiger partial charge in [-0.1, -0.05) is 11.6 Å². The summed E-state index contributed by atoms with van der Waals surface area (Å²) in [5.41, 5.74) is 6.57. The normalized spacial score (nSPS) is 10.0. The molecule has 0 unspecified atom stereocenters. The summed E-state index contributed by atoms with van der Waals surface area (Å²) in [5.74, 6) is -0.375. The van der Waals surface area contributed by atoms with Crippen LogP contribution in [0.1, 0.15) is 17.5 Å². The molecule has 0 fully saturated rings. The van der Waals surface area contributed by atoms with Crippen molar-refractivity contribution in [1.82, 2.24) is 0 Å². The minimum atomic E-state index is -0.505. The molecule has 2 aromatic rings. The van der Waals surface area contributed by atoms with Gasteiger partial charge >= 0.3 is 5.97 Å². The van der Waals surface area contributed by atoms with Crippen LogP contribution in [-0.2, 0) is 4.74 Å². The third-order valence-electron chi connectivity index (χ3n) is 2.09. The first-order valence-electron chi connectivity index (χ1n) is 4.77. The molecule has 0 saturated carbocycles. The zero-order chi connectivity index (χ0) is 11.7. The van der Waals surface area contributed by atoms with Crippen molar-refractivity contribution < 1.29 is 13.9 Å². The van der Waals surface area contributed by atoms with Crippen LogP contribution in [-0.4, -0.2) is 12.6 Å². The summed E-state index contributed by atoms with van der Waals surface area (Å²) in [7, 11) is 0. The number of anilines is 1. The van der Waals surface area contributed by atoms with Crippen molar-refractivity contribution in [3.8, 4) is 0 Å². The number of furan rings is 1. The first kappa shape index (κ1) is 13.7. The molecule has 1 aromatic heterocycles. The van der Waals surface area contributed by atoms with Crippen LogP contribution < -0.4 is 5.73 Å². The van der Waals surface area contributed by atoms with Crippen LogP contribution >= 0.6 is 24.0 Å². The largest absolute Gasteiger partial charge is 0.460 e. The molecule has 1 heterocycles. The van der Waals surface area contributed by atoms with E-state index in [9.17, 15) is 4.79 Å². The van der Waals surface area contributed by atoms with Crippen molar-refractivity contribution in [3.63, 3.8) is 0 Å². The van der Waals surface area contributed by atoms with Crippen LogP contribution in [0.3, 0.4) is 0 Å². The number of esters is 1. The molecule has 0 atom stereocenters. The van der Waals surface area contributed by atoms with Crippen LogP contribution in [0, 0.1) is 0 Å². The van der Waals surface area contributed by atoms with Crippen LogP contribution in [0.5, 0.6) is 0 Å². The molecule has 1 aromatic carbocycles. The number of carbonyl (C=O) groups excluding carboxylic acids is 1. The fourth-order valence-corrected chi connectivity index (χ4v) is 1.68. The van der Waals surface area contributed by atoms with Crippen LogP contribution in [0.2, 0.25) is 5.02 Å². The second-order valence-electron chi connectivity index (χ2n) is 3.24. The molecule has 0 amide bonds. The van der Waals surface area contributed by atoms with Crippen LogP contribution in [0.4, 0.5) is 5.69 Å². The number of fused-ring (bicyclic) bond motifs is 1. The van der Waals surface area contributed by atoms with Crippen LogP contribution in [0.25, 0.3) is 11.0 Å². The number of nitrogens with two attached hydrogens (primary N) is 1. The Labute approximate surface area is 109 Å². The Morgan fingerprint density at radius 3 is 2.82 bits per heavy atom. The molecular weight excluding hydrogens is 265 g/mol. The quantitative estimate of drug-likeness (QED) is 0.675. The number of hydrogen-bond acceptors (Lipinski definition) is 4. The fourth-order valence-electron chi connectivity index (χ4n) is 1.45. The molecule has 92 valence electrons. The smallest absolute Gasteiger partial charge is 0.374 e. The molecule has 2 rings (SSSR count). The third-order valence-corrected chi connectivity index (χ3v) is 2.30. The van der Waals surface area contributed by atoms with E-state index < -0.39 is 5.97 Å². The number of halogens is 2. The average molecular weight is 276 g/mol. The molecule has 6 heteroatoms. The Hall–Kier alpha value is -1.39. The van der Waals surface area contributed by atoms with E-state index in [1.807, 2.05) is 0 Å². The number of nitrogen functional groups attached to an aromatic ring is 1. The van der Waals surface area contributed by atoms with Gasteiger partial charge in [-0.25, -0.2) is 4.79 Å². The molecule has 0 aliphatic heterocycles. The molecule has 0 spiro atoms. The second-order valence-corrected chi connectivity index (χ2v) is 3.68. The minimum Gasteiger partial charge on any atom is -0.460 e. The highest BCUT2D eigenvalue weighted by Crippen LogP contribution is 2.29. The van der Waals surface area contributed by atoms with E-state index in [0.29, 0.717) is 28.3 Å². The lowest BCUT2D eigenvalue weighted by molar-refractivity contribution is 0.0493. The van der Waals surface area contributed by atoms with Gasteiger partial charge in [-0.3, -0.25) is 0 Å². The zero-order valence-corrected chi connectivity index (χ0v) is 10.6. The maximum absolute atomic E-state index is 11.4. The van der Waals surface area contributed by atoms with E-state index in [-0.39, 0.29) is 18.2 Å². The molecular formula is C11H11Cl2NO3. The Balaban J connectivity index is 0.00000144. The summed E-state index contributed by atoms with van der Waals surface area (Å²) >= 11 is 5.84. The van der Waals surface area contributed by atoms with Gasteiger partial charge in [-0.2, -0.15) is 0 Å². The van der Waals surface area contributed by atoms with Gasteiger partial charge in [-0.15, -0.1) is 12.4 Å². The topological polar surface area (TPSA) is 65.5 Å². The lowest BCUT2D eigenvalue weighted by Gasteiger charge is -1.96. The molecule has 0 aliphatic carbocycles. The number of rotatable bonds is 2. The van der Waals surface area contributed by atoms with Gasteiger partial charge in [0.05, 0.1) is 12.3 Å².